The average molecular weight is 230 g/mol. The van der Waals surface area contributed by atoms with Crippen molar-refractivity contribution in [3.05, 3.63) is 0 Å². The maximum absolute atomic E-state index is 12.8. The fraction of sp³-hybridized carbons (Fsp3) is 0.818. The van der Waals surface area contributed by atoms with Crippen LogP contribution in [0.1, 0.15) is 32.6 Å². The van der Waals surface area contributed by atoms with Gasteiger partial charge in [-0.25, -0.2) is 4.39 Å². The molecule has 2 rings (SSSR count). The number of carbonyl (C=O) groups excluding carboxylic acids is 1. The Morgan fingerprint density at radius 2 is 2.00 bits per heavy atom. The zero-order valence-corrected chi connectivity index (χ0v) is 9.16. The van der Waals surface area contributed by atoms with E-state index in [-0.39, 0.29) is 24.9 Å². The van der Waals surface area contributed by atoms with Crippen LogP contribution in [0.2, 0.25) is 0 Å². The summed E-state index contributed by atoms with van der Waals surface area (Å²) in [5.41, 5.74) is -1.65. The van der Waals surface area contributed by atoms with Crippen LogP contribution in [-0.2, 0) is 14.3 Å². The lowest BCUT2D eigenvalue weighted by Gasteiger charge is -2.58. The first kappa shape index (κ1) is 11.4. The first-order valence-corrected chi connectivity index (χ1v) is 5.49. The largest absolute Gasteiger partial charge is 0.480 e. The van der Waals surface area contributed by atoms with Crippen LogP contribution in [0, 0.1) is 10.8 Å². The summed E-state index contributed by atoms with van der Waals surface area (Å²) in [5, 5.41) is 9.10. The molecule has 2 fully saturated rings. The number of ether oxygens (including phenoxy) is 1. The molecule has 0 unspecified atom stereocenters. The molecule has 2 saturated carbocycles. The highest BCUT2D eigenvalue weighted by molar-refractivity contribution is 6.00. The summed E-state index contributed by atoms with van der Waals surface area (Å²) in [7, 11) is 0. The van der Waals surface area contributed by atoms with Gasteiger partial charge in [-0.1, -0.05) is 0 Å². The number of esters is 1. The van der Waals surface area contributed by atoms with Gasteiger partial charge in [-0.15, -0.1) is 0 Å². The molecule has 0 aromatic rings. The van der Waals surface area contributed by atoms with Gasteiger partial charge in [0.2, 0.25) is 0 Å². The van der Waals surface area contributed by atoms with Crippen molar-refractivity contribution in [2.24, 2.45) is 10.8 Å². The van der Waals surface area contributed by atoms with Crippen LogP contribution in [0.4, 0.5) is 4.39 Å². The number of hydrogen-bond acceptors (Lipinski definition) is 3. The van der Waals surface area contributed by atoms with Crippen LogP contribution >= 0.6 is 0 Å². The Morgan fingerprint density at radius 3 is 2.38 bits per heavy atom. The standard InChI is InChI=1S/C11H15FO4/c1-2-16-9(15)11(8(13)14)5-10(6-11)3-7(12)4-10/h7H,2-6H2,1H3,(H,13,14). The minimum atomic E-state index is -1.41. The Kier molecular flexibility index (Phi) is 2.44. The molecule has 0 aromatic heterocycles. The van der Waals surface area contributed by atoms with Gasteiger partial charge in [0.05, 0.1) is 6.61 Å². The fourth-order valence-corrected chi connectivity index (χ4v) is 3.05. The minimum absolute atomic E-state index is 0.173. The summed E-state index contributed by atoms with van der Waals surface area (Å²) in [4.78, 5) is 22.7. The van der Waals surface area contributed by atoms with E-state index in [0.717, 1.165) is 0 Å². The molecule has 0 heterocycles. The van der Waals surface area contributed by atoms with E-state index < -0.39 is 23.5 Å². The molecule has 0 saturated heterocycles. The second-order valence-electron chi connectivity index (χ2n) is 4.97. The number of halogens is 1. The highest BCUT2D eigenvalue weighted by atomic mass is 19.1. The van der Waals surface area contributed by atoms with Crippen molar-refractivity contribution in [1.82, 2.24) is 0 Å². The molecular formula is C11H15FO4. The molecular weight excluding hydrogens is 215 g/mol. The normalized spacial score (nSPS) is 41.0. The summed E-state index contributed by atoms with van der Waals surface area (Å²) in [6.07, 6.45) is 0.417. The Hall–Kier alpha value is -1.13. The van der Waals surface area contributed by atoms with Gasteiger partial charge in [-0.2, -0.15) is 0 Å². The van der Waals surface area contributed by atoms with E-state index in [0.29, 0.717) is 12.8 Å². The van der Waals surface area contributed by atoms with E-state index in [2.05, 4.69) is 0 Å². The van der Waals surface area contributed by atoms with E-state index in [1.54, 1.807) is 6.92 Å². The third-order valence-electron chi connectivity index (χ3n) is 3.74. The number of carboxylic acid groups (broad SMARTS) is 1. The van der Waals surface area contributed by atoms with Gasteiger partial charge in [0.1, 0.15) is 6.17 Å². The third kappa shape index (κ3) is 1.41. The van der Waals surface area contributed by atoms with E-state index in [1.165, 1.54) is 0 Å². The van der Waals surface area contributed by atoms with Crippen molar-refractivity contribution in [3.63, 3.8) is 0 Å². The van der Waals surface area contributed by atoms with Crippen molar-refractivity contribution in [1.29, 1.82) is 0 Å². The molecule has 16 heavy (non-hydrogen) atoms. The van der Waals surface area contributed by atoms with Crippen LogP contribution in [0.5, 0.6) is 0 Å². The molecule has 0 aliphatic heterocycles. The Labute approximate surface area is 92.8 Å². The lowest BCUT2D eigenvalue weighted by atomic mass is 9.44. The van der Waals surface area contributed by atoms with Crippen LogP contribution < -0.4 is 0 Å². The molecule has 5 heteroatoms. The maximum atomic E-state index is 12.8. The number of rotatable bonds is 3. The molecule has 0 atom stereocenters. The molecule has 1 N–H and O–H groups in total. The topological polar surface area (TPSA) is 63.6 Å². The van der Waals surface area contributed by atoms with Gasteiger partial charge in [0.25, 0.3) is 0 Å². The Bertz CT molecular complexity index is 325. The molecule has 2 aliphatic rings. The summed E-state index contributed by atoms with van der Waals surface area (Å²) >= 11 is 0. The predicted molar refractivity (Wildman–Crippen MR) is 52.5 cm³/mol. The number of carbonyl (C=O) groups is 2. The van der Waals surface area contributed by atoms with E-state index >= 15 is 0 Å². The van der Waals surface area contributed by atoms with Crippen LogP contribution in [-0.4, -0.2) is 29.8 Å². The quantitative estimate of drug-likeness (QED) is 0.590. The van der Waals surface area contributed by atoms with Gasteiger partial charge in [-0.3, -0.25) is 9.59 Å². The number of aliphatic carboxylic acids is 1. The van der Waals surface area contributed by atoms with Gasteiger partial charge < -0.3 is 9.84 Å². The molecule has 0 radical (unpaired) electrons. The number of carboxylic acids is 1. The molecule has 4 nitrogen and oxygen atoms in total. The summed E-state index contributed by atoms with van der Waals surface area (Å²) in [6.45, 7) is 1.81. The third-order valence-corrected chi connectivity index (χ3v) is 3.74. The number of hydrogen-bond donors (Lipinski definition) is 1. The zero-order valence-electron chi connectivity index (χ0n) is 9.16. The second-order valence-corrected chi connectivity index (χ2v) is 4.97. The minimum Gasteiger partial charge on any atom is -0.480 e. The van der Waals surface area contributed by atoms with Gasteiger partial charge in [0, 0.05) is 0 Å². The Balaban J connectivity index is 2.05. The summed E-state index contributed by atoms with van der Waals surface area (Å²) in [5.74, 6) is -1.81. The second kappa shape index (κ2) is 3.43. The molecule has 0 bridgehead atoms. The molecule has 2 aliphatic carbocycles. The average Bonchev–Trinajstić information content (AvgIpc) is 2.08. The lowest BCUT2D eigenvalue weighted by Crippen LogP contribution is -2.61. The van der Waals surface area contributed by atoms with Crippen LogP contribution in [0.25, 0.3) is 0 Å². The molecule has 0 aromatic carbocycles. The van der Waals surface area contributed by atoms with Gasteiger partial charge >= 0.3 is 11.9 Å². The monoisotopic (exact) mass is 230 g/mol. The zero-order chi connectivity index (χ0) is 12.0. The lowest BCUT2D eigenvalue weighted by molar-refractivity contribution is -0.200. The fourth-order valence-electron chi connectivity index (χ4n) is 3.05. The van der Waals surface area contributed by atoms with Gasteiger partial charge in [-0.05, 0) is 38.0 Å². The van der Waals surface area contributed by atoms with E-state index in [9.17, 15) is 14.0 Å². The van der Waals surface area contributed by atoms with Crippen LogP contribution in [0.3, 0.4) is 0 Å². The van der Waals surface area contributed by atoms with E-state index in [4.69, 9.17) is 9.84 Å². The van der Waals surface area contributed by atoms with Crippen molar-refractivity contribution >= 4 is 11.9 Å². The Morgan fingerprint density at radius 1 is 1.44 bits per heavy atom. The SMILES string of the molecule is CCOC(=O)C1(C(=O)O)CC2(CC(F)C2)C1. The van der Waals surface area contributed by atoms with Gasteiger partial charge in [0.15, 0.2) is 5.41 Å². The predicted octanol–water partition coefficient (Wildman–Crippen LogP) is 1.53. The van der Waals surface area contributed by atoms with Crippen molar-refractivity contribution < 1.29 is 23.8 Å². The van der Waals surface area contributed by atoms with Crippen molar-refractivity contribution in [3.8, 4) is 0 Å². The van der Waals surface area contributed by atoms with Crippen molar-refractivity contribution in [2.75, 3.05) is 6.61 Å². The highest BCUT2D eigenvalue weighted by Gasteiger charge is 2.68. The summed E-state index contributed by atoms with van der Waals surface area (Å²) in [6, 6.07) is 0. The molecule has 1 spiro atoms. The van der Waals surface area contributed by atoms with Crippen LogP contribution in [0.15, 0.2) is 0 Å². The smallest absolute Gasteiger partial charge is 0.323 e. The molecule has 90 valence electrons. The highest BCUT2D eigenvalue weighted by Crippen LogP contribution is 2.65. The first-order valence-electron chi connectivity index (χ1n) is 5.49. The summed E-state index contributed by atoms with van der Waals surface area (Å²) < 4.78 is 17.6. The van der Waals surface area contributed by atoms with Crippen molar-refractivity contribution in [2.45, 2.75) is 38.8 Å². The molecule has 0 amide bonds. The number of alkyl halides is 1. The first-order chi connectivity index (χ1) is 7.44. The van der Waals surface area contributed by atoms with E-state index in [1.807, 2.05) is 0 Å². The maximum Gasteiger partial charge on any atom is 0.323 e.